The van der Waals surface area contributed by atoms with E-state index in [0.29, 0.717) is 30.0 Å². The number of benzene rings is 1. The Morgan fingerprint density at radius 1 is 1.18 bits per heavy atom. The Morgan fingerprint density at radius 3 is 2.60 bits per heavy atom. The molecule has 10 heteroatoms. The largest absolute Gasteiger partial charge is 0.367 e. The Bertz CT molecular complexity index is 1300. The number of fused-ring (bicyclic) bond motifs is 1. The predicted molar refractivity (Wildman–Crippen MR) is 154 cm³/mol. The van der Waals surface area contributed by atoms with E-state index in [-0.39, 0.29) is 36.2 Å². The van der Waals surface area contributed by atoms with Crippen molar-refractivity contribution in [2.75, 3.05) is 51.3 Å². The number of nitrogens with zero attached hydrogens (tertiary/aromatic N) is 4. The van der Waals surface area contributed by atoms with Gasteiger partial charge in [-0.15, -0.1) is 11.3 Å². The summed E-state index contributed by atoms with van der Waals surface area (Å²) in [7, 11) is 2.13. The molecule has 2 N–H and O–H groups in total. The maximum atomic E-state index is 14.4. The van der Waals surface area contributed by atoms with Crippen LogP contribution in [0, 0.1) is 17.8 Å². The van der Waals surface area contributed by atoms with Crippen molar-refractivity contribution in [3.8, 4) is 11.3 Å². The molecule has 0 bridgehead atoms. The molecule has 0 spiro atoms. The topological polar surface area (TPSA) is 109 Å². The Morgan fingerprint density at radius 2 is 1.93 bits per heavy atom. The first-order chi connectivity index (χ1) is 19.2. The fourth-order valence-electron chi connectivity index (χ4n) is 6.67. The number of anilines is 1. The molecular weight excluding hydrogens is 526 g/mol. The Kier molecular flexibility index (Phi) is 7.43. The molecule has 0 unspecified atom stereocenters. The van der Waals surface area contributed by atoms with Gasteiger partial charge in [-0.25, -0.2) is 4.98 Å². The summed E-state index contributed by atoms with van der Waals surface area (Å²) in [6, 6.07) is 4.99. The van der Waals surface area contributed by atoms with Crippen LogP contribution in [0.3, 0.4) is 0 Å². The lowest BCUT2D eigenvalue weighted by Crippen LogP contribution is -2.44. The first-order valence-corrected chi connectivity index (χ1v) is 15.4. The Hall–Kier alpha value is -2.82. The molecule has 2 amide bonds. The van der Waals surface area contributed by atoms with Gasteiger partial charge in [0.05, 0.1) is 17.7 Å². The van der Waals surface area contributed by atoms with E-state index in [9.17, 15) is 14.4 Å². The van der Waals surface area contributed by atoms with Crippen molar-refractivity contribution in [2.24, 2.45) is 23.5 Å². The number of carbonyl (C=O) groups excluding carboxylic acids is 3. The second kappa shape index (κ2) is 10.9. The third-order valence-electron chi connectivity index (χ3n) is 8.99. The van der Waals surface area contributed by atoms with Gasteiger partial charge < -0.3 is 25.2 Å². The van der Waals surface area contributed by atoms with Gasteiger partial charge in [0, 0.05) is 55.1 Å². The molecule has 3 aliphatic heterocycles. The number of primary amides is 1. The van der Waals surface area contributed by atoms with Crippen molar-refractivity contribution in [3.05, 3.63) is 34.7 Å². The molecule has 6 rings (SSSR count). The number of hydrogen-bond donors (Lipinski definition) is 1. The van der Waals surface area contributed by atoms with Gasteiger partial charge in [-0.05, 0) is 55.8 Å². The number of ketones is 1. The number of likely N-dealkylation sites (N-methyl/N-ethyl adjacent to an activating group) is 1. The summed E-state index contributed by atoms with van der Waals surface area (Å²) < 4.78 is 5.92. The van der Waals surface area contributed by atoms with Gasteiger partial charge in [0.25, 0.3) is 0 Å². The first-order valence-electron chi connectivity index (χ1n) is 14.5. The van der Waals surface area contributed by atoms with Gasteiger partial charge in [-0.1, -0.05) is 19.9 Å². The summed E-state index contributed by atoms with van der Waals surface area (Å²) in [5.74, 6) is -0.377. The molecule has 1 saturated carbocycles. The smallest absolute Gasteiger partial charge is 0.249 e. The van der Waals surface area contributed by atoms with Crippen LogP contribution in [0.2, 0.25) is 0 Å². The van der Waals surface area contributed by atoms with Crippen LogP contribution in [-0.4, -0.2) is 90.9 Å². The van der Waals surface area contributed by atoms with Crippen LogP contribution in [0.4, 0.5) is 5.13 Å². The number of Topliss-reactive ketones (excluding diaryl/α,β-unsaturated/α-hetero) is 1. The van der Waals surface area contributed by atoms with Crippen LogP contribution >= 0.6 is 11.3 Å². The molecule has 0 radical (unpaired) electrons. The van der Waals surface area contributed by atoms with E-state index in [1.165, 1.54) is 0 Å². The molecule has 4 atom stereocenters. The number of carbonyl (C=O) groups is 3. The molecule has 4 fully saturated rings. The van der Waals surface area contributed by atoms with Crippen LogP contribution in [0.1, 0.15) is 54.9 Å². The van der Waals surface area contributed by atoms with Gasteiger partial charge in [0.2, 0.25) is 11.8 Å². The summed E-state index contributed by atoms with van der Waals surface area (Å²) >= 11 is 1.61. The van der Waals surface area contributed by atoms with E-state index < -0.39 is 17.9 Å². The lowest BCUT2D eigenvalue weighted by atomic mass is 9.84. The third kappa shape index (κ3) is 5.17. The number of nitrogens with two attached hydrogens (primary N) is 1. The Labute approximate surface area is 239 Å². The van der Waals surface area contributed by atoms with Gasteiger partial charge in [-0.2, -0.15) is 0 Å². The van der Waals surface area contributed by atoms with Crippen LogP contribution in [-0.2, 0) is 14.3 Å². The molecule has 1 aliphatic carbocycles. The second-order valence-electron chi connectivity index (χ2n) is 12.3. The molecular formula is C30H39N5O4S. The lowest BCUT2D eigenvalue weighted by Gasteiger charge is -2.32. The molecule has 2 aromatic rings. The zero-order chi connectivity index (χ0) is 28.1. The fourth-order valence-corrected chi connectivity index (χ4v) is 7.56. The number of ether oxygens (including phenoxy) is 1. The molecule has 9 nitrogen and oxygen atoms in total. The fraction of sp³-hybridized carbons (Fsp3) is 0.600. The number of likely N-dealkylation sites (tertiary alicyclic amines) is 1. The van der Waals surface area contributed by atoms with Crippen LogP contribution in [0.15, 0.2) is 23.6 Å². The molecule has 214 valence electrons. The first kappa shape index (κ1) is 27.4. The van der Waals surface area contributed by atoms with Crippen molar-refractivity contribution in [1.29, 1.82) is 0 Å². The van der Waals surface area contributed by atoms with E-state index in [4.69, 9.17) is 15.5 Å². The number of thiazole rings is 1. The second-order valence-corrected chi connectivity index (χ2v) is 13.2. The van der Waals surface area contributed by atoms with Crippen molar-refractivity contribution in [2.45, 2.75) is 51.2 Å². The minimum atomic E-state index is -0.592. The van der Waals surface area contributed by atoms with Crippen molar-refractivity contribution < 1.29 is 19.1 Å². The van der Waals surface area contributed by atoms with Crippen LogP contribution in [0.5, 0.6) is 0 Å². The highest BCUT2D eigenvalue weighted by Gasteiger charge is 2.56. The minimum Gasteiger partial charge on any atom is -0.367 e. The molecule has 4 aliphatic rings. The normalized spacial score (nSPS) is 26.0. The lowest BCUT2D eigenvalue weighted by molar-refractivity contribution is -0.138. The van der Waals surface area contributed by atoms with E-state index in [1.807, 2.05) is 17.5 Å². The SMILES string of the molecule is CC(C)C[C@H](C(=O)N1C[C@@H](C2CC2)[C@H]2OCC(=O)[C@H]21)c1cc(-c2csc(N3CCN(C)CC3)n2)ccc1C(N)=O. The number of rotatable bonds is 8. The van der Waals surface area contributed by atoms with Gasteiger partial charge >= 0.3 is 0 Å². The quantitative estimate of drug-likeness (QED) is 0.524. The predicted octanol–water partition coefficient (Wildman–Crippen LogP) is 3.00. The monoisotopic (exact) mass is 565 g/mol. The van der Waals surface area contributed by atoms with Gasteiger partial charge in [-0.3, -0.25) is 14.4 Å². The number of hydrogen-bond acceptors (Lipinski definition) is 8. The van der Waals surface area contributed by atoms with Crippen LogP contribution in [0.25, 0.3) is 11.3 Å². The van der Waals surface area contributed by atoms with Gasteiger partial charge in [0.15, 0.2) is 10.9 Å². The maximum absolute atomic E-state index is 14.4. The minimum absolute atomic E-state index is 0.0208. The summed E-state index contributed by atoms with van der Waals surface area (Å²) in [5, 5.41) is 3.02. The van der Waals surface area contributed by atoms with E-state index >= 15 is 0 Å². The van der Waals surface area contributed by atoms with E-state index in [2.05, 4.69) is 30.7 Å². The Balaban J connectivity index is 1.34. The number of aromatic nitrogens is 1. The molecule has 1 aromatic heterocycles. The van der Waals surface area contributed by atoms with E-state index in [1.54, 1.807) is 22.3 Å². The zero-order valence-electron chi connectivity index (χ0n) is 23.5. The summed E-state index contributed by atoms with van der Waals surface area (Å²) in [6.45, 7) is 8.60. The summed E-state index contributed by atoms with van der Waals surface area (Å²) in [4.78, 5) is 51.2. The summed E-state index contributed by atoms with van der Waals surface area (Å²) in [5.41, 5.74) is 8.50. The highest BCUT2D eigenvalue weighted by molar-refractivity contribution is 7.14. The highest BCUT2D eigenvalue weighted by atomic mass is 32.1. The van der Waals surface area contributed by atoms with E-state index in [0.717, 1.165) is 55.4 Å². The average molecular weight is 566 g/mol. The molecule has 1 aromatic carbocycles. The molecule has 4 heterocycles. The van der Waals surface area contributed by atoms with Crippen molar-refractivity contribution in [3.63, 3.8) is 0 Å². The number of piperazine rings is 1. The van der Waals surface area contributed by atoms with Crippen LogP contribution < -0.4 is 10.6 Å². The summed E-state index contributed by atoms with van der Waals surface area (Å²) in [6.07, 6.45) is 2.58. The van der Waals surface area contributed by atoms with Crippen molar-refractivity contribution >= 4 is 34.1 Å². The molecule has 40 heavy (non-hydrogen) atoms. The van der Waals surface area contributed by atoms with Crippen molar-refractivity contribution in [1.82, 2.24) is 14.8 Å². The molecule has 3 saturated heterocycles. The number of amides is 2. The maximum Gasteiger partial charge on any atom is 0.249 e. The average Bonchev–Trinajstić information content (AvgIpc) is 3.35. The standard InChI is InChI=1S/C30H39N5O4S/c1-17(2)12-22(29(38)35-14-23(18-4-5-18)27-26(35)25(36)15-39-27)21-13-19(6-7-20(21)28(31)37)24-16-40-30(32-24)34-10-8-33(3)9-11-34/h6-7,13,16-18,22-23,26-27H,4-5,8-12,14-15H2,1-3H3,(H2,31,37)/t22-,23-,26+,27+/m0/s1. The third-order valence-corrected chi connectivity index (χ3v) is 9.90. The zero-order valence-corrected chi connectivity index (χ0v) is 24.4. The highest BCUT2D eigenvalue weighted by Crippen LogP contribution is 2.47. The van der Waals surface area contributed by atoms with Gasteiger partial charge in [0.1, 0.15) is 12.6 Å².